The van der Waals surface area contributed by atoms with Gasteiger partial charge in [0.05, 0.1) is 0 Å². The molecule has 1 atom stereocenters. The van der Waals surface area contributed by atoms with E-state index in [1.807, 2.05) is 7.05 Å². The number of benzene rings is 1. The molecule has 170 valence electrons. The number of nitrogens with one attached hydrogen (secondary N) is 2. The van der Waals surface area contributed by atoms with Crippen LogP contribution in [0, 0.1) is 5.92 Å². The Kier molecular flexibility index (Phi) is 11.5. The summed E-state index contributed by atoms with van der Waals surface area (Å²) in [5.41, 5.74) is 2.82. The lowest BCUT2D eigenvalue weighted by molar-refractivity contribution is 0.176. The molecule has 1 aromatic rings. The highest BCUT2D eigenvalue weighted by Gasteiger charge is 2.20. The van der Waals surface area contributed by atoms with Gasteiger partial charge in [-0.15, -0.1) is 24.0 Å². The molecule has 2 saturated heterocycles. The van der Waals surface area contributed by atoms with Gasteiger partial charge in [0, 0.05) is 45.8 Å². The molecule has 30 heavy (non-hydrogen) atoms. The van der Waals surface area contributed by atoms with Crippen LogP contribution < -0.4 is 10.6 Å². The average molecular weight is 528 g/mol. The summed E-state index contributed by atoms with van der Waals surface area (Å²) >= 11 is 0. The highest BCUT2D eigenvalue weighted by Crippen LogP contribution is 2.19. The fourth-order valence-corrected chi connectivity index (χ4v) is 4.74. The van der Waals surface area contributed by atoms with Gasteiger partial charge in [-0.2, -0.15) is 0 Å². The first-order valence-electron chi connectivity index (χ1n) is 11.7. The van der Waals surface area contributed by atoms with E-state index in [9.17, 15) is 0 Å². The molecule has 6 heteroatoms. The van der Waals surface area contributed by atoms with Crippen LogP contribution in [0.1, 0.15) is 57.1 Å². The molecule has 2 N–H and O–H groups in total. The van der Waals surface area contributed by atoms with E-state index in [1.165, 1.54) is 76.0 Å². The molecule has 1 unspecified atom stereocenters. The molecule has 2 aliphatic heterocycles. The molecule has 2 aliphatic rings. The van der Waals surface area contributed by atoms with Crippen LogP contribution in [0.25, 0.3) is 0 Å². The van der Waals surface area contributed by atoms with Crippen LogP contribution >= 0.6 is 24.0 Å². The lowest BCUT2D eigenvalue weighted by Gasteiger charge is -2.33. The van der Waals surface area contributed by atoms with Crippen molar-refractivity contribution in [2.45, 2.75) is 65.1 Å². The van der Waals surface area contributed by atoms with Crippen molar-refractivity contribution in [1.82, 2.24) is 20.4 Å². The summed E-state index contributed by atoms with van der Waals surface area (Å²) in [4.78, 5) is 9.67. The van der Waals surface area contributed by atoms with E-state index in [2.05, 4.69) is 63.5 Å². The predicted molar refractivity (Wildman–Crippen MR) is 139 cm³/mol. The predicted octanol–water partition coefficient (Wildman–Crippen LogP) is 4.08. The lowest BCUT2D eigenvalue weighted by atomic mass is 9.99. The van der Waals surface area contributed by atoms with Crippen molar-refractivity contribution >= 4 is 29.9 Å². The van der Waals surface area contributed by atoms with Crippen LogP contribution in [-0.4, -0.2) is 61.6 Å². The smallest absolute Gasteiger partial charge is 0.191 e. The van der Waals surface area contributed by atoms with Crippen LogP contribution in [0.15, 0.2) is 29.3 Å². The zero-order valence-electron chi connectivity index (χ0n) is 19.2. The van der Waals surface area contributed by atoms with Gasteiger partial charge >= 0.3 is 0 Å². The number of hydrogen-bond acceptors (Lipinski definition) is 3. The van der Waals surface area contributed by atoms with Gasteiger partial charge in [-0.05, 0) is 62.2 Å². The molecule has 3 rings (SSSR count). The second-order valence-electron chi connectivity index (χ2n) is 8.94. The minimum absolute atomic E-state index is 0. The largest absolute Gasteiger partial charge is 0.354 e. The van der Waals surface area contributed by atoms with Crippen LogP contribution in [0.2, 0.25) is 0 Å². The van der Waals surface area contributed by atoms with Gasteiger partial charge in [-0.1, -0.05) is 38.1 Å². The number of rotatable bonds is 7. The maximum absolute atomic E-state index is 4.48. The van der Waals surface area contributed by atoms with Gasteiger partial charge in [-0.3, -0.25) is 9.89 Å². The van der Waals surface area contributed by atoms with Crippen LogP contribution in [0.4, 0.5) is 0 Å². The normalized spacial score (nSPS) is 21.8. The average Bonchev–Trinajstić information content (AvgIpc) is 2.73. The number of likely N-dealkylation sites (tertiary alicyclic amines) is 2. The quantitative estimate of drug-likeness (QED) is 0.319. The second kappa shape index (κ2) is 13.5. The van der Waals surface area contributed by atoms with Gasteiger partial charge in [0.15, 0.2) is 5.96 Å². The first kappa shape index (κ1) is 25.4. The Morgan fingerprint density at radius 2 is 1.80 bits per heavy atom. The molecule has 2 heterocycles. The van der Waals surface area contributed by atoms with Gasteiger partial charge in [0.1, 0.15) is 0 Å². The number of guanidine groups is 1. The molecular formula is C24H42IN5. The summed E-state index contributed by atoms with van der Waals surface area (Å²) in [7, 11) is 1.88. The van der Waals surface area contributed by atoms with E-state index in [1.54, 1.807) is 0 Å². The zero-order valence-corrected chi connectivity index (χ0v) is 21.5. The molecule has 0 bridgehead atoms. The fourth-order valence-electron chi connectivity index (χ4n) is 4.74. The molecule has 0 aromatic heterocycles. The SMILES string of the molecule is CCCN1CCC(NC(=NC)NCc2ccccc2CN2CCCC(C)C2)CC1.I. The van der Waals surface area contributed by atoms with Crippen molar-refractivity contribution in [3.63, 3.8) is 0 Å². The van der Waals surface area contributed by atoms with Crippen molar-refractivity contribution in [1.29, 1.82) is 0 Å². The molecule has 0 amide bonds. The summed E-state index contributed by atoms with van der Waals surface area (Å²) in [6.07, 6.45) is 6.35. The summed E-state index contributed by atoms with van der Waals surface area (Å²) in [6.45, 7) is 12.6. The van der Waals surface area contributed by atoms with Crippen molar-refractivity contribution in [2.24, 2.45) is 10.9 Å². The van der Waals surface area contributed by atoms with E-state index in [0.29, 0.717) is 6.04 Å². The summed E-state index contributed by atoms with van der Waals surface area (Å²) in [5, 5.41) is 7.21. The zero-order chi connectivity index (χ0) is 20.5. The molecule has 0 aliphatic carbocycles. The van der Waals surface area contributed by atoms with Gasteiger partial charge in [0.25, 0.3) is 0 Å². The molecule has 0 spiro atoms. The maximum Gasteiger partial charge on any atom is 0.191 e. The third kappa shape index (κ3) is 8.00. The number of aliphatic imine (C=N–C) groups is 1. The molecular weight excluding hydrogens is 485 g/mol. The Morgan fingerprint density at radius 3 is 2.47 bits per heavy atom. The topological polar surface area (TPSA) is 42.9 Å². The summed E-state index contributed by atoms with van der Waals surface area (Å²) < 4.78 is 0. The standard InChI is InChI=1S/C24H41N5.HI/c1-4-13-28-15-11-23(12-16-28)27-24(25-3)26-17-21-9-5-6-10-22(21)19-29-14-7-8-20(2)18-29;/h5-6,9-10,20,23H,4,7-8,11-19H2,1-3H3,(H2,25,26,27);1H. The third-order valence-electron chi connectivity index (χ3n) is 6.39. The van der Waals surface area contributed by atoms with Crippen LogP contribution in [0.3, 0.4) is 0 Å². The Bertz CT molecular complexity index is 642. The summed E-state index contributed by atoms with van der Waals surface area (Å²) in [6, 6.07) is 9.39. The van der Waals surface area contributed by atoms with Gasteiger partial charge < -0.3 is 15.5 Å². The number of piperidine rings is 2. The first-order valence-corrected chi connectivity index (χ1v) is 11.7. The van der Waals surface area contributed by atoms with Crippen molar-refractivity contribution in [2.75, 3.05) is 39.8 Å². The molecule has 1 aromatic carbocycles. The van der Waals surface area contributed by atoms with Crippen molar-refractivity contribution in [3.8, 4) is 0 Å². The van der Waals surface area contributed by atoms with Crippen molar-refractivity contribution in [3.05, 3.63) is 35.4 Å². The second-order valence-corrected chi connectivity index (χ2v) is 8.94. The van der Waals surface area contributed by atoms with Crippen LogP contribution in [0.5, 0.6) is 0 Å². The molecule has 5 nitrogen and oxygen atoms in total. The molecule has 2 fully saturated rings. The number of halogens is 1. The van der Waals surface area contributed by atoms with Gasteiger partial charge in [0.2, 0.25) is 0 Å². The van der Waals surface area contributed by atoms with E-state index < -0.39 is 0 Å². The Hall–Kier alpha value is -0.860. The summed E-state index contributed by atoms with van der Waals surface area (Å²) in [5.74, 6) is 1.75. The molecule has 0 radical (unpaired) electrons. The van der Waals surface area contributed by atoms with Crippen LogP contribution in [-0.2, 0) is 13.1 Å². The fraction of sp³-hybridized carbons (Fsp3) is 0.708. The minimum atomic E-state index is 0. The lowest BCUT2D eigenvalue weighted by Crippen LogP contribution is -2.48. The number of nitrogens with zero attached hydrogens (tertiary/aromatic N) is 3. The highest BCUT2D eigenvalue weighted by atomic mass is 127. The highest BCUT2D eigenvalue weighted by molar-refractivity contribution is 14.0. The Morgan fingerprint density at radius 1 is 1.07 bits per heavy atom. The third-order valence-corrected chi connectivity index (χ3v) is 6.39. The van der Waals surface area contributed by atoms with E-state index in [0.717, 1.165) is 25.0 Å². The van der Waals surface area contributed by atoms with E-state index >= 15 is 0 Å². The Balaban J connectivity index is 0.00000320. The minimum Gasteiger partial charge on any atom is -0.354 e. The maximum atomic E-state index is 4.48. The van der Waals surface area contributed by atoms with Gasteiger partial charge in [-0.25, -0.2) is 0 Å². The first-order chi connectivity index (χ1) is 14.2. The van der Waals surface area contributed by atoms with Crippen molar-refractivity contribution < 1.29 is 0 Å². The van der Waals surface area contributed by atoms with E-state index in [4.69, 9.17) is 0 Å². The van der Waals surface area contributed by atoms with E-state index in [-0.39, 0.29) is 24.0 Å². The monoisotopic (exact) mass is 527 g/mol. The number of hydrogen-bond donors (Lipinski definition) is 2. The Labute approximate surface area is 201 Å². The molecule has 0 saturated carbocycles.